The molecule has 4 rings (SSSR count). The van der Waals surface area contributed by atoms with Crippen LogP contribution in [0.2, 0.25) is 0 Å². The Labute approximate surface area is 137 Å². The van der Waals surface area contributed by atoms with Gasteiger partial charge in [0.2, 0.25) is 0 Å². The molecule has 4 aromatic heterocycles. The number of nitrogens with one attached hydrogen (secondary N) is 1. The number of hydrogen-bond acceptors (Lipinski definition) is 5. The lowest BCUT2D eigenvalue weighted by molar-refractivity contribution is 0.0951. The van der Waals surface area contributed by atoms with Crippen LogP contribution < -0.4 is 5.32 Å². The summed E-state index contributed by atoms with van der Waals surface area (Å²) >= 11 is 0. The number of aromatic nitrogens is 6. The molecule has 0 saturated carbocycles. The van der Waals surface area contributed by atoms with Gasteiger partial charge in [0.15, 0.2) is 17.1 Å². The third-order valence-electron chi connectivity index (χ3n) is 3.81. The van der Waals surface area contributed by atoms with Crippen molar-refractivity contribution in [1.82, 2.24) is 34.5 Å². The Morgan fingerprint density at radius 3 is 3.00 bits per heavy atom. The van der Waals surface area contributed by atoms with E-state index in [2.05, 4.69) is 25.6 Å². The zero-order valence-corrected chi connectivity index (χ0v) is 13.3. The largest absolute Gasteiger partial charge is 0.345 e. The molecule has 0 bridgehead atoms. The molecule has 0 atom stereocenters. The number of carbonyl (C=O) groups excluding carboxylic acids is 1. The Kier molecular flexibility index (Phi) is 3.23. The predicted molar refractivity (Wildman–Crippen MR) is 86.6 cm³/mol. The first-order valence-electron chi connectivity index (χ1n) is 7.52. The van der Waals surface area contributed by atoms with Crippen LogP contribution >= 0.6 is 0 Å². The molecule has 0 saturated heterocycles. The van der Waals surface area contributed by atoms with Gasteiger partial charge in [-0.25, -0.2) is 9.50 Å². The second-order valence-corrected chi connectivity index (χ2v) is 5.56. The number of carbonyl (C=O) groups is 1. The lowest BCUT2D eigenvalue weighted by atomic mass is 10.3. The van der Waals surface area contributed by atoms with E-state index in [0.717, 1.165) is 17.0 Å². The first kappa shape index (κ1) is 14.3. The van der Waals surface area contributed by atoms with Crippen molar-refractivity contribution in [2.75, 3.05) is 0 Å². The summed E-state index contributed by atoms with van der Waals surface area (Å²) in [5, 5.41) is 15.3. The molecule has 0 unspecified atom stereocenters. The molecule has 8 heteroatoms. The Hall–Kier alpha value is -3.29. The topological polar surface area (TPSA) is 89.5 Å². The normalized spacial score (nSPS) is 11.2. The van der Waals surface area contributed by atoms with Gasteiger partial charge < -0.3 is 5.32 Å². The minimum Gasteiger partial charge on any atom is -0.345 e. The molecule has 0 spiro atoms. The van der Waals surface area contributed by atoms with Gasteiger partial charge in [0, 0.05) is 17.6 Å². The average Bonchev–Trinajstić information content (AvgIpc) is 3.17. The van der Waals surface area contributed by atoms with E-state index < -0.39 is 0 Å². The maximum absolute atomic E-state index is 12.5. The summed E-state index contributed by atoms with van der Waals surface area (Å²) in [7, 11) is 0. The van der Waals surface area contributed by atoms with Crippen LogP contribution in [0.15, 0.2) is 36.7 Å². The van der Waals surface area contributed by atoms with Gasteiger partial charge in [0.1, 0.15) is 5.56 Å². The van der Waals surface area contributed by atoms with Crippen LogP contribution in [0.4, 0.5) is 0 Å². The molecule has 4 heterocycles. The number of amides is 1. The molecule has 0 radical (unpaired) electrons. The van der Waals surface area contributed by atoms with Crippen molar-refractivity contribution in [3.05, 3.63) is 59.4 Å². The van der Waals surface area contributed by atoms with Gasteiger partial charge in [-0.3, -0.25) is 9.20 Å². The molecule has 1 N–H and O–H groups in total. The van der Waals surface area contributed by atoms with Crippen molar-refractivity contribution < 1.29 is 4.79 Å². The van der Waals surface area contributed by atoms with Crippen molar-refractivity contribution in [1.29, 1.82) is 0 Å². The number of fused-ring (bicyclic) bond motifs is 2. The van der Waals surface area contributed by atoms with Gasteiger partial charge in [-0.05, 0) is 32.0 Å². The highest BCUT2D eigenvalue weighted by atomic mass is 16.1. The highest BCUT2D eigenvalue weighted by Crippen LogP contribution is 2.12. The fourth-order valence-electron chi connectivity index (χ4n) is 2.70. The predicted octanol–water partition coefficient (Wildman–Crippen LogP) is 1.32. The van der Waals surface area contributed by atoms with Gasteiger partial charge in [0.05, 0.1) is 12.7 Å². The molecule has 24 heavy (non-hydrogen) atoms. The summed E-state index contributed by atoms with van der Waals surface area (Å²) in [5.41, 5.74) is 3.51. The van der Waals surface area contributed by atoms with E-state index in [1.807, 2.05) is 48.7 Å². The summed E-state index contributed by atoms with van der Waals surface area (Å²) < 4.78 is 3.50. The van der Waals surface area contributed by atoms with E-state index in [9.17, 15) is 4.79 Å². The molecular weight excluding hydrogens is 306 g/mol. The summed E-state index contributed by atoms with van der Waals surface area (Å²) in [6.45, 7) is 4.09. The summed E-state index contributed by atoms with van der Waals surface area (Å²) in [4.78, 5) is 16.9. The summed E-state index contributed by atoms with van der Waals surface area (Å²) in [6.07, 6.45) is 3.40. The average molecular weight is 321 g/mol. The van der Waals surface area contributed by atoms with Crippen LogP contribution in [-0.2, 0) is 6.54 Å². The monoisotopic (exact) mass is 321 g/mol. The third-order valence-corrected chi connectivity index (χ3v) is 3.81. The van der Waals surface area contributed by atoms with Crippen LogP contribution in [-0.4, -0.2) is 35.1 Å². The number of pyridine rings is 1. The molecule has 4 aromatic rings. The van der Waals surface area contributed by atoms with Crippen molar-refractivity contribution in [3.63, 3.8) is 0 Å². The van der Waals surface area contributed by atoms with E-state index in [0.29, 0.717) is 17.0 Å². The van der Waals surface area contributed by atoms with Gasteiger partial charge >= 0.3 is 0 Å². The molecule has 0 aromatic carbocycles. The minimum atomic E-state index is -0.241. The summed E-state index contributed by atoms with van der Waals surface area (Å²) in [6, 6.07) is 7.56. The van der Waals surface area contributed by atoms with Crippen molar-refractivity contribution in [2.45, 2.75) is 20.4 Å². The van der Waals surface area contributed by atoms with Crippen LogP contribution in [0.3, 0.4) is 0 Å². The standard InChI is InChI=1S/C16H15N7O/c1-10-7-11(2)23-15(19-10)12(8-18-23)16(24)17-9-14-21-20-13-5-3-4-6-22(13)14/h3-8H,9H2,1-2H3,(H,17,24). The number of rotatable bonds is 3. The fraction of sp³-hybridized carbons (Fsp3) is 0.188. The minimum absolute atomic E-state index is 0.241. The Balaban J connectivity index is 1.61. The lowest BCUT2D eigenvalue weighted by Gasteiger charge is -2.04. The Morgan fingerprint density at radius 2 is 2.12 bits per heavy atom. The molecule has 0 aliphatic rings. The first-order valence-corrected chi connectivity index (χ1v) is 7.52. The second kappa shape index (κ2) is 5.41. The quantitative estimate of drug-likeness (QED) is 0.614. The van der Waals surface area contributed by atoms with Gasteiger partial charge in [-0.1, -0.05) is 6.07 Å². The van der Waals surface area contributed by atoms with E-state index in [4.69, 9.17) is 0 Å². The molecule has 0 aliphatic heterocycles. The lowest BCUT2D eigenvalue weighted by Crippen LogP contribution is -2.24. The van der Waals surface area contributed by atoms with Crippen LogP contribution in [0, 0.1) is 13.8 Å². The molecule has 120 valence electrons. The second-order valence-electron chi connectivity index (χ2n) is 5.56. The van der Waals surface area contributed by atoms with E-state index >= 15 is 0 Å². The Morgan fingerprint density at radius 1 is 1.25 bits per heavy atom. The third kappa shape index (κ3) is 2.28. The maximum Gasteiger partial charge on any atom is 0.257 e. The molecule has 8 nitrogen and oxygen atoms in total. The zero-order valence-electron chi connectivity index (χ0n) is 13.3. The van der Waals surface area contributed by atoms with E-state index in [1.54, 1.807) is 4.52 Å². The van der Waals surface area contributed by atoms with Gasteiger partial charge in [-0.2, -0.15) is 5.10 Å². The van der Waals surface area contributed by atoms with E-state index in [1.165, 1.54) is 6.20 Å². The molecule has 1 amide bonds. The number of aryl methyl sites for hydroxylation is 2. The Bertz CT molecular complexity index is 1060. The summed E-state index contributed by atoms with van der Waals surface area (Å²) in [5.74, 6) is 0.422. The van der Waals surface area contributed by atoms with Crippen molar-refractivity contribution in [3.8, 4) is 0 Å². The smallest absolute Gasteiger partial charge is 0.257 e. The fourth-order valence-corrected chi connectivity index (χ4v) is 2.70. The SMILES string of the molecule is Cc1cc(C)n2ncc(C(=O)NCc3nnc4ccccn34)c2n1. The first-order chi connectivity index (χ1) is 11.6. The molecule has 0 aliphatic carbocycles. The van der Waals surface area contributed by atoms with Gasteiger partial charge in [-0.15, -0.1) is 10.2 Å². The number of nitrogens with zero attached hydrogens (tertiary/aromatic N) is 6. The highest BCUT2D eigenvalue weighted by Gasteiger charge is 2.16. The van der Waals surface area contributed by atoms with Crippen LogP contribution in [0.1, 0.15) is 27.6 Å². The molecular formula is C16H15N7O. The number of hydrogen-bond donors (Lipinski definition) is 1. The maximum atomic E-state index is 12.5. The highest BCUT2D eigenvalue weighted by molar-refractivity contribution is 5.99. The van der Waals surface area contributed by atoms with Crippen molar-refractivity contribution >= 4 is 17.2 Å². The van der Waals surface area contributed by atoms with Crippen LogP contribution in [0.5, 0.6) is 0 Å². The van der Waals surface area contributed by atoms with Crippen LogP contribution in [0.25, 0.3) is 11.3 Å². The van der Waals surface area contributed by atoms with Crippen molar-refractivity contribution in [2.24, 2.45) is 0 Å². The molecule has 0 fully saturated rings. The van der Waals surface area contributed by atoms with Gasteiger partial charge in [0.25, 0.3) is 5.91 Å². The van der Waals surface area contributed by atoms with E-state index in [-0.39, 0.29) is 12.5 Å². The zero-order chi connectivity index (χ0) is 16.7.